The summed E-state index contributed by atoms with van der Waals surface area (Å²) in [5.41, 5.74) is 0.982. The van der Waals surface area contributed by atoms with E-state index in [4.69, 9.17) is 16.3 Å². The van der Waals surface area contributed by atoms with E-state index < -0.39 is 0 Å². The lowest BCUT2D eigenvalue weighted by Crippen LogP contribution is -2.46. The van der Waals surface area contributed by atoms with Gasteiger partial charge in [0.1, 0.15) is 5.01 Å². The Morgan fingerprint density at radius 3 is 3.12 bits per heavy atom. The molecule has 1 aromatic heterocycles. The number of halogens is 1. The molecule has 1 aromatic rings. The molecule has 1 aliphatic heterocycles. The van der Waals surface area contributed by atoms with Gasteiger partial charge in [0.15, 0.2) is 0 Å². The van der Waals surface area contributed by atoms with Gasteiger partial charge >= 0.3 is 0 Å². The maximum Gasteiger partial charge on any atom is 0.107 e. The topological polar surface area (TPSA) is 25.4 Å². The zero-order valence-electron chi connectivity index (χ0n) is 9.65. The Labute approximate surface area is 105 Å². The standard InChI is InChI=1S/C11H17ClN2OS/c1-8-6-15-9(2)4-14(8)5-11-13-10(3-12)7-16-11/h7-9H,3-6H2,1-2H3. The second-order valence-electron chi connectivity index (χ2n) is 4.29. The van der Waals surface area contributed by atoms with Crippen molar-refractivity contribution in [2.75, 3.05) is 13.2 Å². The van der Waals surface area contributed by atoms with Crippen LogP contribution < -0.4 is 0 Å². The minimum atomic E-state index is 0.323. The third kappa shape index (κ3) is 2.94. The van der Waals surface area contributed by atoms with E-state index in [0.717, 1.165) is 30.4 Å². The van der Waals surface area contributed by atoms with E-state index in [2.05, 4.69) is 23.7 Å². The van der Waals surface area contributed by atoms with E-state index in [9.17, 15) is 0 Å². The van der Waals surface area contributed by atoms with Gasteiger partial charge in [0.05, 0.1) is 30.8 Å². The zero-order chi connectivity index (χ0) is 11.5. The first-order valence-electron chi connectivity index (χ1n) is 5.54. The molecule has 16 heavy (non-hydrogen) atoms. The number of hydrogen-bond donors (Lipinski definition) is 0. The van der Waals surface area contributed by atoms with Gasteiger partial charge in [0.2, 0.25) is 0 Å². The van der Waals surface area contributed by atoms with Crippen LogP contribution in [0.25, 0.3) is 0 Å². The van der Waals surface area contributed by atoms with Crippen LogP contribution in [0.5, 0.6) is 0 Å². The van der Waals surface area contributed by atoms with Crippen LogP contribution in [-0.2, 0) is 17.2 Å². The maximum absolute atomic E-state index is 5.75. The first kappa shape index (κ1) is 12.3. The van der Waals surface area contributed by atoms with Gasteiger partial charge in [-0.15, -0.1) is 22.9 Å². The molecule has 0 bridgehead atoms. The summed E-state index contributed by atoms with van der Waals surface area (Å²) in [6.07, 6.45) is 0.323. The molecule has 1 saturated heterocycles. The lowest BCUT2D eigenvalue weighted by Gasteiger charge is -2.36. The van der Waals surface area contributed by atoms with Crippen LogP contribution in [0, 0.1) is 0 Å². The van der Waals surface area contributed by atoms with Gasteiger partial charge in [0.25, 0.3) is 0 Å². The van der Waals surface area contributed by atoms with Gasteiger partial charge in [-0.25, -0.2) is 4.98 Å². The van der Waals surface area contributed by atoms with Crippen LogP contribution >= 0.6 is 22.9 Å². The van der Waals surface area contributed by atoms with Crippen LogP contribution in [0.4, 0.5) is 0 Å². The summed E-state index contributed by atoms with van der Waals surface area (Å²) in [7, 11) is 0. The Morgan fingerprint density at radius 1 is 1.62 bits per heavy atom. The highest BCUT2D eigenvalue weighted by Crippen LogP contribution is 2.18. The van der Waals surface area contributed by atoms with Crippen LogP contribution in [0.2, 0.25) is 0 Å². The highest BCUT2D eigenvalue weighted by atomic mass is 35.5. The van der Waals surface area contributed by atoms with E-state index in [0.29, 0.717) is 18.0 Å². The number of thiazole rings is 1. The SMILES string of the molecule is CC1CN(Cc2nc(CCl)cs2)C(C)CO1. The Balaban J connectivity index is 1.97. The van der Waals surface area contributed by atoms with Crippen LogP contribution in [0.3, 0.4) is 0 Å². The minimum absolute atomic E-state index is 0.323. The quantitative estimate of drug-likeness (QED) is 0.781. The molecule has 0 amide bonds. The molecule has 0 aromatic carbocycles. The van der Waals surface area contributed by atoms with Gasteiger partial charge in [-0.3, -0.25) is 4.90 Å². The molecule has 2 heterocycles. The Morgan fingerprint density at radius 2 is 2.44 bits per heavy atom. The van der Waals surface area contributed by atoms with Crippen molar-refractivity contribution in [1.82, 2.24) is 9.88 Å². The first-order chi connectivity index (χ1) is 7.69. The highest BCUT2D eigenvalue weighted by Gasteiger charge is 2.24. The third-order valence-electron chi connectivity index (χ3n) is 2.81. The zero-order valence-corrected chi connectivity index (χ0v) is 11.2. The van der Waals surface area contributed by atoms with Crippen molar-refractivity contribution in [3.05, 3.63) is 16.1 Å². The number of hydrogen-bond acceptors (Lipinski definition) is 4. The Bertz CT molecular complexity index is 344. The summed E-state index contributed by atoms with van der Waals surface area (Å²) in [6, 6.07) is 0.472. The number of ether oxygens (including phenoxy) is 1. The smallest absolute Gasteiger partial charge is 0.107 e. The number of morpholine rings is 1. The summed E-state index contributed by atoms with van der Waals surface area (Å²) in [5, 5.41) is 3.19. The van der Waals surface area contributed by atoms with Crippen LogP contribution in [0.15, 0.2) is 5.38 Å². The second-order valence-corrected chi connectivity index (χ2v) is 5.50. The van der Waals surface area contributed by atoms with Gasteiger partial charge < -0.3 is 4.74 Å². The molecule has 1 fully saturated rings. The second kappa shape index (κ2) is 5.45. The van der Waals surface area contributed by atoms with Gasteiger partial charge in [-0.05, 0) is 13.8 Å². The largest absolute Gasteiger partial charge is 0.376 e. The van der Waals surface area contributed by atoms with Crippen molar-refractivity contribution in [3.8, 4) is 0 Å². The average molecular weight is 261 g/mol. The van der Waals surface area contributed by atoms with E-state index in [1.165, 1.54) is 0 Å². The molecule has 0 saturated carbocycles. The minimum Gasteiger partial charge on any atom is -0.376 e. The summed E-state index contributed by atoms with van der Waals surface area (Å²) in [6.45, 7) is 7.02. The van der Waals surface area contributed by atoms with Crippen LogP contribution in [-0.4, -0.2) is 35.2 Å². The predicted octanol–water partition coefficient (Wildman–Crippen LogP) is 2.49. The molecular weight excluding hydrogens is 244 g/mol. The van der Waals surface area contributed by atoms with Crippen molar-refractivity contribution in [1.29, 1.82) is 0 Å². The van der Waals surface area contributed by atoms with Gasteiger partial charge in [0, 0.05) is 18.0 Å². The van der Waals surface area contributed by atoms with Gasteiger partial charge in [-0.1, -0.05) is 0 Å². The number of rotatable bonds is 3. The summed E-state index contributed by atoms with van der Waals surface area (Å²) in [4.78, 5) is 6.91. The van der Waals surface area contributed by atoms with Gasteiger partial charge in [-0.2, -0.15) is 0 Å². The predicted molar refractivity (Wildman–Crippen MR) is 67.0 cm³/mol. The Hall–Kier alpha value is -0.160. The fourth-order valence-corrected chi connectivity index (χ4v) is 2.90. The molecule has 0 aliphatic carbocycles. The molecule has 2 atom stereocenters. The van der Waals surface area contributed by atoms with E-state index in [1.54, 1.807) is 11.3 Å². The molecule has 2 rings (SSSR count). The molecule has 5 heteroatoms. The van der Waals surface area contributed by atoms with Crippen molar-refractivity contribution >= 4 is 22.9 Å². The van der Waals surface area contributed by atoms with Crippen molar-refractivity contribution in [2.24, 2.45) is 0 Å². The number of alkyl halides is 1. The normalized spacial score (nSPS) is 27.2. The third-order valence-corrected chi connectivity index (χ3v) is 3.97. The first-order valence-corrected chi connectivity index (χ1v) is 6.95. The molecule has 0 N–H and O–H groups in total. The molecule has 0 spiro atoms. The fraction of sp³-hybridized carbons (Fsp3) is 0.727. The molecule has 3 nitrogen and oxygen atoms in total. The number of nitrogens with zero attached hydrogens (tertiary/aromatic N) is 2. The lowest BCUT2D eigenvalue weighted by molar-refractivity contribution is -0.0526. The van der Waals surface area contributed by atoms with Crippen molar-refractivity contribution < 1.29 is 4.74 Å². The van der Waals surface area contributed by atoms with Crippen molar-refractivity contribution in [3.63, 3.8) is 0 Å². The molecule has 90 valence electrons. The molecule has 0 radical (unpaired) electrons. The highest BCUT2D eigenvalue weighted by molar-refractivity contribution is 7.09. The van der Waals surface area contributed by atoms with E-state index >= 15 is 0 Å². The maximum atomic E-state index is 5.75. The summed E-state index contributed by atoms with van der Waals surface area (Å²) in [5.74, 6) is 0.506. The molecule has 2 unspecified atom stereocenters. The van der Waals surface area contributed by atoms with E-state index in [-0.39, 0.29) is 0 Å². The Kier molecular flexibility index (Phi) is 4.19. The lowest BCUT2D eigenvalue weighted by atomic mass is 10.2. The molecular formula is C11H17ClN2OS. The summed E-state index contributed by atoms with van der Waals surface area (Å²) >= 11 is 7.44. The fourth-order valence-electron chi connectivity index (χ4n) is 1.85. The summed E-state index contributed by atoms with van der Waals surface area (Å²) < 4.78 is 5.60. The average Bonchev–Trinajstić information content (AvgIpc) is 2.71. The van der Waals surface area contributed by atoms with E-state index in [1.807, 2.05) is 5.38 Å². The monoisotopic (exact) mass is 260 g/mol. The number of aromatic nitrogens is 1. The molecule has 1 aliphatic rings. The van der Waals surface area contributed by atoms with Crippen molar-refractivity contribution in [2.45, 2.75) is 38.4 Å². The van der Waals surface area contributed by atoms with Crippen LogP contribution in [0.1, 0.15) is 24.5 Å².